The second-order valence-electron chi connectivity index (χ2n) is 6.37. The van der Waals surface area contributed by atoms with E-state index < -0.39 is 12.1 Å². The highest BCUT2D eigenvalue weighted by atomic mass is 16.4. The van der Waals surface area contributed by atoms with Crippen molar-refractivity contribution in [1.82, 2.24) is 15.5 Å². The molecule has 0 aliphatic carbocycles. The Morgan fingerprint density at radius 2 is 2.08 bits per heavy atom. The van der Waals surface area contributed by atoms with Crippen molar-refractivity contribution >= 4 is 12.0 Å². The first-order valence-electron chi connectivity index (χ1n) is 8.86. The zero-order chi connectivity index (χ0) is 18.1. The Hall–Kier alpha value is -2.12. The van der Waals surface area contributed by atoms with E-state index in [1.165, 1.54) is 0 Å². The number of nitrogens with zero attached hydrogens (tertiary/aromatic N) is 1. The van der Waals surface area contributed by atoms with Gasteiger partial charge in [0, 0.05) is 25.6 Å². The van der Waals surface area contributed by atoms with Crippen LogP contribution in [0.15, 0.2) is 30.3 Å². The number of nitrogens with two attached hydrogens (primary N) is 1. The summed E-state index contributed by atoms with van der Waals surface area (Å²) in [6.45, 7) is 2.86. The molecule has 7 heteroatoms. The normalized spacial score (nSPS) is 18.1. The molecule has 2 atom stereocenters. The minimum absolute atomic E-state index is 0.110. The number of carbonyl (C=O) groups excluding carboxylic acids is 1. The maximum absolute atomic E-state index is 12.9. The predicted molar refractivity (Wildman–Crippen MR) is 96.4 cm³/mol. The number of hydrogen-bond acceptors (Lipinski definition) is 4. The van der Waals surface area contributed by atoms with Crippen LogP contribution in [0.3, 0.4) is 0 Å². The van der Waals surface area contributed by atoms with Gasteiger partial charge in [0.25, 0.3) is 0 Å². The van der Waals surface area contributed by atoms with Gasteiger partial charge in [-0.2, -0.15) is 0 Å². The van der Waals surface area contributed by atoms with Crippen molar-refractivity contribution < 1.29 is 14.7 Å². The molecule has 0 radical (unpaired) electrons. The lowest BCUT2D eigenvalue weighted by Crippen LogP contribution is -2.52. The first kappa shape index (κ1) is 19.2. The molecular weight excluding hydrogens is 320 g/mol. The lowest BCUT2D eigenvalue weighted by Gasteiger charge is -2.29. The number of rotatable bonds is 9. The van der Waals surface area contributed by atoms with Gasteiger partial charge < -0.3 is 26.4 Å². The van der Waals surface area contributed by atoms with E-state index >= 15 is 0 Å². The first-order chi connectivity index (χ1) is 12.1. The minimum atomic E-state index is -1.17. The number of benzene rings is 1. The molecule has 7 nitrogen and oxygen atoms in total. The van der Waals surface area contributed by atoms with Crippen molar-refractivity contribution in [2.24, 2.45) is 5.73 Å². The van der Waals surface area contributed by atoms with Crippen molar-refractivity contribution in [3.8, 4) is 0 Å². The van der Waals surface area contributed by atoms with Gasteiger partial charge in [-0.3, -0.25) is 4.79 Å². The van der Waals surface area contributed by atoms with Crippen molar-refractivity contribution in [1.29, 1.82) is 0 Å². The summed E-state index contributed by atoms with van der Waals surface area (Å²) in [7, 11) is 0. The summed E-state index contributed by atoms with van der Waals surface area (Å²) < 4.78 is 0. The molecule has 5 N–H and O–H groups in total. The molecule has 0 bridgehead atoms. The van der Waals surface area contributed by atoms with Crippen molar-refractivity contribution in [2.45, 2.75) is 37.8 Å². The topological polar surface area (TPSA) is 108 Å². The number of carboxylic acid groups (broad SMARTS) is 1. The lowest BCUT2D eigenvalue weighted by molar-refractivity contribution is -0.134. The van der Waals surface area contributed by atoms with Crippen LogP contribution in [-0.2, 0) is 11.2 Å². The standard InChI is InChI=1S/C18H28N4O3/c19-9-5-10-20-13-15-8-4-11-22(15)17(23)16(21-18(24)25)12-14-6-2-1-3-7-14/h1-3,6-7,15-16,20-21H,4-5,8-13,19H2,(H,24,25). The van der Waals surface area contributed by atoms with Gasteiger partial charge in [-0.25, -0.2) is 4.79 Å². The van der Waals surface area contributed by atoms with Gasteiger partial charge in [-0.1, -0.05) is 30.3 Å². The summed E-state index contributed by atoms with van der Waals surface area (Å²) in [5.74, 6) is -0.144. The first-order valence-corrected chi connectivity index (χ1v) is 8.86. The van der Waals surface area contributed by atoms with Gasteiger partial charge in [0.05, 0.1) is 0 Å². The van der Waals surface area contributed by atoms with Gasteiger partial charge in [0.1, 0.15) is 6.04 Å². The molecule has 138 valence electrons. The SMILES string of the molecule is NCCCNCC1CCCN1C(=O)C(Cc1ccccc1)NC(=O)O. The molecule has 1 aliphatic heterocycles. The summed E-state index contributed by atoms with van der Waals surface area (Å²) in [4.78, 5) is 25.9. The molecule has 1 fully saturated rings. The maximum atomic E-state index is 12.9. The fourth-order valence-electron chi connectivity index (χ4n) is 3.23. The Bertz CT molecular complexity index is 553. The zero-order valence-corrected chi connectivity index (χ0v) is 14.5. The Kier molecular flexibility index (Phi) is 7.69. The number of amides is 2. The molecule has 2 unspecified atom stereocenters. The Morgan fingerprint density at radius 1 is 1.32 bits per heavy atom. The average molecular weight is 348 g/mol. The molecular formula is C18H28N4O3. The quantitative estimate of drug-likeness (QED) is 0.494. The van der Waals surface area contributed by atoms with Crippen LogP contribution < -0.4 is 16.4 Å². The summed E-state index contributed by atoms with van der Waals surface area (Å²) in [5.41, 5.74) is 6.43. The molecule has 2 amide bonds. The highest BCUT2D eigenvalue weighted by molar-refractivity contribution is 5.86. The Morgan fingerprint density at radius 3 is 2.76 bits per heavy atom. The van der Waals surface area contributed by atoms with Crippen molar-refractivity contribution in [3.05, 3.63) is 35.9 Å². The van der Waals surface area contributed by atoms with Crippen molar-refractivity contribution in [2.75, 3.05) is 26.2 Å². The summed E-state index contributed by atoms with van der Waals surface area (Å²) in [6, 6.07) is 8.83. The Labute approximate surface area is 148 Å². The van der Waals surface area contributed by atoms with Crippen LogP contribution in [0.5, 0.6) is 0 Å². The highest BCUT2D eigenvalue weighted by Crippen LogP contribution is 2.19. The lowest BCUT2D eigenvalue weighted by atomic mass is 10.0. The van der Waals surface area contributed by atoms with Crippen LogP contribution in [0.2, 0.25) is 0 Å². The van der Waals surface area contributed by atoms with Crippen LogP contribution in [0, 0.1) is 0 Å². The third-order valence-corrected chi connectivity index (χ3v) is 4.48. The van der Waals surface area contributed by atoms with E-state index in [9.17, 15) is 9.59 Å². The number of carbonyl (C=O) groups is 2. The largest absolute Gasteiger partial charge is 0.465 e. The van der Waals surface area contributed by atoms with Crippen LogP contribution in [-0.4, -0.2) is 60.3 Å². The van der Waals surface area contributed by atoms with E-state index in [-0.39, 0.29) is 11.9 Å². The van der Waals surface area contributed by atoms with E-state index in [2.05, 4.69) is 10.6 Å². The molecule has 0 spiro atoms. The van der Waals surface area contributed by atoms with Gasteiger partial charge in [0.2, 0.25) is 5.91 Å². The molecule has 2 rings (SSSR count). The van der Waals surface area contributed by atoms with E-state index in [4.69, 9.17) is 10.8 Å². The molecule has 1 heterocycles. The fraction of sp³-hybridized carbons (Fsp3) is 0.556. The van der Waals surface area contributed by atoms with E-state index in [1.54, 1.807) is 0 Å². The summed E-state index contributed by atoms with van der Waals surface area (Å²) >= 11 is 0. The number of likely N-dealkylation sites (tertiary alicyclic amines) is 1. The summed E-state index contributed by atoms with van der Waals surface area (Å²) in [6.07, 6.45) is 1.96. The smallest absolute Gasteiger partial charge is 0.405 e. The monoisotopic (exact) mass is 348 g/mol. The molecule has 1 aromatic rings. The molecule has 1 saturated heterocycles. The molecule has 0 saturated carbocycles. The van der Waals surface area contributed by atoms with Crippen molar-refractivity contribution in [3.63, 3.8) is 0 Å². The molecule has 1 aliphatic rings. The molecule has 0 aromatic heterocycles. The van der Waals surface area contributed by atoms with Gasteiger partial charge >= 0.3 is 6.09 Å². The fourth-order valence-corrected chi connectivity index (χ4v) is 3.23. The minimum Gasteiger partial charge on any atom is -0.465 e. The third-order valence-electron chi connectivity index (χ3n) is 4.48. The second-order valence-corrected chi connectivity index (χ2v) is 6.37. The van der Waals surface area contributed by atoms with Crippen LogP contribution in [0.25, 0.3) is 0 Å². The zero-order valence-electron chi connectivity index (χ0n) is 14.5. The molecule has 1 aromatic carbocycles. The van der Waals surface area contributed by atoms with Gasteiger partial charge in [-0.15, -0.1) is 0 Å². The average Bonchev–Trinajstić information content (AvgIpc) is 3.06. The third kappa shape index (κ3) is 6.03. The predicted octanol–water partition coefficient (Wildman–Crippen LogP) is 0.795. The number of hydrogen-bond donors (Lipinski definition) is 4. The van der Waals surface area contributed by atoms with Crippen LogP contribution >= 0.6 is 0 Å². The van der Waals surface area contributed by atoms with E-state index in [0.717, 1.165) is 37.9 Å². The maximum Gasteiger partial charge on any atom is 0.405 e. The van der Waals surface area contributed by atoms with E-state index in [1.807, 2.05) is 35.2 Å². The van der Waals surface area contributed by atoms with Crippen LogP contribution in [0.1, 0.15) is 24.8 Å². The molecule has 25 heavy (non-hydrogen) atoms. The van der Waals surface area contributed by atoms with Gasteiger partial charge in [-0.05, 0) is 37.9 Å². The van der Waals surface area contributed by atoms with Crippen LogP contribution in [0.4, 0.5) is 4.79 Å². The Balaban J connectivity index is 2.00. The van der Waals surface area contributed by atoms with Gasteiger partial charge in [0.15, 0.2) is 0 Å². The van der Waals surface area contributed by atoms with E-state index in [0.29, 0.717) is 19.5 Å². The highest BCUT2D eigenvalue weighted by Gasteiger charge is 2.33. The second kappa shape index (κ2) is 10.0. The number of nitrogens with one attached hydrogen (secondary N) is 2. The summed E-state index contributed by atoms with van der Waals surface area (Å²) in [5, 5.41) is 14.8.